The molecule has 4 aromatic rings. The van der Waals surface area contributed by atoms with E-state index in [4.69, 9.17) is 21.1 Å². The number of hydrogen-bond acceptors (Lipinski definition) is 7. The Hall–Kier alpha value is -4.15. The molecule has 1 heterocycles. The smallest absolute Gasteiger partial charge is 0.264 e. The number of fused-ring (bicyclic) bond motifs is 1. The van der Waals surface area contributed by atoms with Crippen molar-refractivity contribution in [2.45, 2.75) is 11.8 Å². The fraction of sp³-hybridized carbons (Fsp3) is 0.148. The number of hydrogen-bond donors (Lipinski definition) is 1. The van der Waals surface area contributed by atoms with Gasteiger partial charge < -0.3 is 9.47 Å². The number of carbonyl (C=O) groups excluding carboxylic acids is 1. The number of methoxy groups -OCH3 is 2. The molecule has 0 aliphatic heterocycles. The highest BCUT2D eigenvalue weighted by Gasteiger charge is 2.29. The molecule has 4 rings (SSSR count). The monoisotopic (exact) mass is 552 g/mol. The summed E-state index contributed by atoms with van der Waals surface area (Å²) >= 11 is 6.30. The van der Waals surface area contributed by atoms with Crippen LogP contribution >= 0.6 is 11.6 Å². The molecule has 0 spiro atoms. The molecule has 0 radical (unpaired) electrons. The number of hydrazone groups is 1. The van der Waals surface area contributed by atoms with Crippen molar-refractivity contribution in [3.63, 3.8) is 0 Å². The summed E-state index contributed by atoms with van der Waals surface area (Å²) in [5, 5.41) is 4.96. The van der Waals surface area contributed by atoms with Crippen molar-refractivity contribution in [3.8, 4) is 11.5 Å². The van der Waals surface area contributed by atoms with Crippen LogP contribution in [0.4, 0.5) is 5.69 Å². The zero-order valence-corrected chi connectivity index (χ0v) is 22.5. The molecular formula is C27H25ClN4O5S. The molecule has 11 heteroatoms. The molecule has 0 fully saturated rings. The Morgan fingerprint density at radius 2 is 1.82 bits per heavy atom. The van der Waals surface area contributed by atoms with Gasteiger partial charge in [0, 0.05) is 17.0 Å². The number of nitrogens with one attached hydrogen (secondary N) is 1. The molecule has 196 valence electrons. The van der Waals surface area contributed by atoms with E-state index in [0.717, 1.165) is 15.3 Å². The van der Waals surface area contributed by atoms with Crippen molar-refractivity contribution >= 4 is 50.3 Å². The van der Waals surface area contributed by atoms with Crippen molar-refractivity contribution in [1.82, 2.24) is 10.4 Å². The molecule has 1 aromatic heterocycles. The second-order valence-electron chi connectivity index (χ2n) is 8.22. The van der Waals surface area contributed by atoms with Crippen molar-refractivity contribution in [3.05, 3.63) is 89.1 Å². The molecule has 0 bridgehead atoms. The highest BCUT2D eigenvalue weighted by molar-refractivity contribution is 7.92. The summed E-state index contributed by atoms with van der Waals surface area (Å²) in [6.07, 6.45) is 1.35. The van der Waals surface area contributed by atoms with Gasteiger partial charge in [0.15, 0.2) is 0 Å². The first-order valence-corrected chi connectivity index (χ1v) is 13.2. The molecule has 38 heavy (non-hydrogen) atoms. The zero-order valence-electron chi connectivity index (χ0n) is 20.9. The number of amides is 1. The van der Waals surface area contributed by atoms with Gasteiger partial charge in [-0.3, -0.25) is 9.10 Å². The van der Waals surface area contributed by atoms with E-state index in [1.165, 1.54) is 25.5 Å². The Balaban J connectivity index is 1.60. The summed E-state index contributed by atoms with van der Waals surface area (Å²) in [6.45, 7) is 1.27. The van der Waals surface area contributed by atoms with Gasteiger partial charge in [-0.1, -0.05) is 35.9 Å². The van der Waals surface area contributed by atoms with E-state index >= 15 is 0 Å². The Morgan fingerprint density at radius 1 is 1.05 bits per heavy atom. The van der Waals surface area contributed by atoms with Gasteiger partial charge in [-0.15, -0.1) is 0 Å². The Kier molecular flexibility index (Phi) is 8.13. The SMILES string of the molecule is COc1ccc2cc(/C=N\NC(=O)CN(c3cc(C)ccc3OC)S(=O)(=O)c3ccccc3)c(Cl)nc2c1. The van der Waals surface area contributed by atoms with Crippen LogP contribution in [0.15, 0.2) is 82.8 Å². The number of aryl methyl sites for hydroxylation is 1. The van der Waals surface area contributed by atoms with Crippen molar-refractivity contribution in [1.29, 1.82) is 0 Å². The van der Waals surface area contributed by atoms with Gasteiger partial charge in [-0.2, -0.15) is 5.10 Å². The fourth-order valence-corrected chi connectivity index (χ4v) is 5.35. The lowest BCUT2D eigenvalue weighted by molar-refractivity contribution is -0.119. The van der Waals surface area contributed by atoms with Crippen molar-refractivity contribution in [2.75, 3.05) is 25.1 Å². The van der Waals surface area contributed by atoms with Crippen LogP contribution in [0.1, 0.15) is 11.1 Å². The number of sulfonamides is 1. The van der Waals surface area contributed by atoms with Crippen LogP contribution < -0.4 is 19.2 Å². The molecule has 0 atom stereocenters. The number of halogens is 1. The Bertz CT molecular complexity index is 1610. The number of rotatable bonds is 9. The molecule has 0 aliphatic rings. The van der Waals surface area contributed by atoms with Gasteiger partial charge in [0.25, 0.3) is 15.9 Å². The number of nitrogens with zero attached hydrogens (tertiary/aromatic N) is 3. The van der Waals surface area contributed by atoms with Gasteiger partial charge in [0.2, 0.25) is 0 Å². The molecule has 0 saturated heterocycles. The van der Waals surface area contributed by atoms with E-state index in [0.29, 0.717) is 22.6 Å². The maximum absolute atomic E-state index is 13.6. The van der Waals surface area contributed by atoms with Crippen LogP contribution in [0, 0.1) is 6.92 Å². The lowest BCUT2D eigenvalue weighted by Gasteiger charge is -2.25. The number of benzene rings is 3. The minimum absolute atomic E-state index is 0.0329. The summed E-state index contributed by atoms with van der Waals surface area (Å²) in [5.74, 6) is 0.283. The maximum atomic E-state index is 13.6. The van der Waals surface area contributed by atoms with Crippen LogP contribution in [0.3, 0.4) is 0 Å². The molecule has 9 nitrogen and oxygen atoms in total. The predicted octanol–water partition coefficient (Wildman–Crippen LogP) is 4.56. The van der Waals surface area contributed by atoms with Crippen molar-refractivity contribution in [2.24, 2.45) is 5.10 Å². The van der Waals surface area contributed by atoms with E-state index in [9.17, 15) is 13.2 Å². The second-order valence-corrected chi connectivity index (χ2v) is 10.4. The number of pyridine rings is 1. The minimum atomic E-state index is -4.11. The summed E-state index contributed by atoms with van der Waals surface area (Å²) in [7, 11) is -1.12. The quantitative estimate of drug-likeness (QED) is 0.185. The molecule has 3 aromatic carbocycles. The van der Waals surface area contributed by atoms with Crippen LogP contribution in [0.25, 0.3) is 10.9 Å². The van der Waals surface area contributed by atoms with Crippen LogP contribution in [-0.4, -0.2) is 46.3 Å². The summed E-state index contributed by atoms with van der Waals surface area (Å²) in [5.41, 5.74) is 4.52. The third-order valence-electron chi connectivity index (χ3n) is 5.62. The summed E-state index contributed by atoms with van der Waals surface area (Å²) in [4.78, 5) is 17.3. The lowest BCUT2D eigenvalue weighted by atomic mass is 10.1. The highest BCUT2D eigenvalue weighted by atomic mass is 35.5. The minimum Gasteiger partial charge on any atom is -0.497 e. The van der Waals surface area contributed by atoms with Crippen LogP contribution in [0.5, 0.6) is 11.5 Å². The van der Waals surface area contributed by atoms with Gasteiger partial charge in [0.05, 0.1) is 36.5 Å². The fourth-order valence-electron chi connectivity index (χ4n) is 3.71. The largest absolute Gasteiger partial charge is 0.497 e. The van der Waals surface area contributed by atoms with E-state index in [1.807, 2.05) is 13.0 Å². The van der Waals surface area contributed by atoms with E-state index in [2.05, 4.69) is 15.5 Å². The number of carbonyl (C=O) groups is 1. The summed E-state index contributed by atoms with van der Waals surface area (Å²) in [6, 6.07) is 20.1. The van der Waals surface area contributed by atoms with Crippen LogP contribution in [-0.2, 0) is 14.8 Å². The standard InChI is InChI=1S/C27H25ClN4O5S/c1-18-9-12-25(37-3)24(13-18)32(38(34,35)22-7-5-4-6-8-22)17-26(33)31-29-16-20-14-19-10-11-21(36-2)15-23(19)30-27(20)28/h4-16H,17H2,1-3H3,(H,31,33)/b29-16-. The van der Waals surface area contributed by atoms with Gasteiger partial charge in [-0.05, 0) is 55.0 Å². The average molecular weight is 553 g/mol. The third-order valence-corrected chi connectivity index (χ3v) is 7.70. The summed E-state index contributed by atoms with van der Waals surface area (Å²) < 4.78 is 38.8. The molecule has 0 aliphatic carbocycles. The van der Waals surface area contributed by atoms with Gasteiger partial charge in [-0.25, -0.2) is 18.8 Å². The number of ether oxygens (including phenoxy) is 2. The molecule has 1 N–H and O–H groups in total. The first kappa shape index (κ1) is 26.9. The normalized spacial score (nSPS) is 11.5. The predicted molar refractivity (Wildman–Crippen MR) is 148 cm³/mol. The first-order valence-electron chi connectivity index (χ1n) is 11.4. The average Bonchev–Trinajstić information content (AvgIpc) is 2.92. The maximum Gasteiger partial charge on any atom is 0.264 e. The van der Waals surface area contributed by atoms with E-state index in [-0.39, 0.29) is 15.7 Å². The van der Waals surface area contributed by atoms with Gasteiger partial charge in [0.1, 0.15) is 23.2 Å². The van der Waals surface area contributed by atoms with E-state index in [1.54, 1.807) is 61.7 Å². The highest BCUT2D eigenvalue weighted by Crippen LogP contribution is 2.33. The second kappa shape index (κ2) is 11.5. The Labute approximate surface area is 225 Å². The topological polar surface area (TPSA) is 110 Å². The molecule has 1 amide bonds. The van der Waals surface area contributed by atoms with Crippen molar-refractivity contribution < 1.29 is 22.7 Å². The number of aromatic nitrogens is 1. The molecule has 0 unspecified atom stereocenters. The van der Waals surface area contributed by atoms with Crippen LogP contribution in [0.2, 0.25) is 5.15 Å². The molecular weight excluding hydrogens is 528 g/mol. The zero-order chi connectivity index (χ0) is 27.3. The van der Waals surface area contributed by atoms with Gasteiger partial charge >= 0.3 is 0 Å². The third kappa shape index (κ3) is 5.87. The number of anilines is 1. The molecule has 0 saturated carbocycles. The van der Waals surface area contributed by atoms with E-state index < -0.39 is 22.5 Å². The lowest BCUT2D eigenvalue weighted by Crippen LogP contribution is -2.39. The Morgan fingerprint density at radius 3 is 2.53 bits per heavy atom. The first-order chi connectivity index (χ1) is 18.2.